The summed E-state index contributed by atoms with van der Waals surface area (Å²) in [4.78, 5) is 13.8. The molecular formula is C12H20N2O. The number of amides is 1. The van der Waals surface area contributed by atoms with Crippen molar-refractivity contribution in [1.29, 1.82) is 5.26 Å². The molecule has 2 atom stereocenters. The monoisotopic (exact) mass is 208 g/mol. The number of nitrogens with zero attached hydrogens (tertiary/aromatic N) is 2. The molecule has 0 spiro atoms. The lowest BCUT2D eigenvalue weighted by atomic mass is 9.96. The van der Waals surface area contributed by atoms with Gasteiger partial charge in [-0.1, -0.05) is 27.2 Å². The normalized spacial score (nSPS) is 22.9. The first-order valence-electron chi connectivity index (χ1n) is 5.78. The van der Waals surface area contributed by atoms with Gasteiger partial charge in [-0.25, -0.2) is 0 Å². The standard InChI is InChI=1S/C12H20N2O/c1-4-10-5-6-14(8-10)12(15)11(7-13)9(2)3/h9-11H,4-6,8H2,1-3H3. The van der Waals surface area contributed by atoms with Gasteiger partial charge in [-0.15, -0.1) is 0 Å². The zero-order chi connectivity index (χ0) is 11.4. The van der Waals surface area contributed by atoms with Crippen molar-refractivity contribution in [3.8, 4) is 6.07 Å². The van der Waals surface area contributed by atoms with E-state index in [4.69, 9.17) is 5.26 Å². The predicted molar refractivity (Wildman–Crippen MR) is 58.9 cm³/mol. The van der Waals surface area contributed by atoms with E-state index in [1.165, 1.54) is 0 Å². The third-order valence-corrected chi connectivity index (χ3v) is 3.25. The first kappa shape index (κ1) is 12.0. The molecule has 2 unspecified atom stereocenters. The van der Waals surface area contributed by atoms with Crippen molar-refractivity contribution in [3.05, 3.63) is 0 Å². The lowest BCUT2D eigenvalue weighted by molar-refractivity contribution is -0.133. The second-order valence-corrected chi connectivity index (χ2v) is 4.70. The van der Waals surface area contributed by atoms with Crippen LogP contribution in [0.3, 0.4) is 0 Å². The molecule has 84 valence electrons. The van der Waals surface area contributed by atoms with Gasteiger partial charge in [-0.05, 0) is 18.3 Å². The van der Waals surface area contributed by atoms with Crippen LogP contribution < -0.4 is 0 Å². The third kappa shape index (κ3) is 2.71. The van der Waals surface area contributed by atoms with Crippen molar-refractivity contribution >= 4 is 5.91 Å². The van der Waals surface area contributed by atoms with Gasteiger partial charge < -0.3 is 4.90 Å². The Morgan fingerprint density at radius 1 is 1.60 bits per heavy atom. The largest absolute Gasteiger partial charge is 0.341 e. The molecule has 3 nitrogen and oxygen atoms in total. The Hall–Kier alpha value is -1.04. The molecule has 0 bridgehead atoms. The fourth-order valence-electron chi connectivity index (χ4n) is 2.05. The molecule has 1 aliphatic rings. The number of nitriles is 1. The maximum Gasteiger partial charge on any atom is 0.240 e. The molecule has 0 aliphatic carbocycles. The van der Waals surface area contributed by atoms with E-state index in [0.29, 0.717) is 5.92 Å². The van der Waals surface area contributed by atoms with E-state index in [0.717, 1.165) is 25.9 Å². The Labute approximate surface area is 92.1 Å². The maximum atomic E-state index is 12.0. The van der Waals surface area contributed by atoms with E-state index < -0.39 is 5.92 Å². The van der Waals surface area contributed by atoms with Crippen LogP contribution in [0, 0.1) is 29.1 Å². The van der Waals surface area contributed by atoms with E-state index in [2.05, 4.69) is 13.0 Å². The van der Waals surface area contributed by atoms with Gasteiger partial charge in [0.25, 0.3) is 0 Å². The molecule has 1 rings (SSSR count). The summed E-state index contributed by atoms with van der Waals surface area (Å²) in [5.74, 6) is 0.327. The molecule has 0 N–H and O–H groups in total. The first-order valence-corrected chi connectivity index (χ1v) is 5.78. The van der Waals surface area contributed by atoms with Crippen LogP contribution in [0.15, 0.2) is 0 Å². The van der Waals surface area contributed by atoms with Gasteiger partial charge in [-0.2, -0.15) is 5.26 Å². The van der Waals surface area contributed by atoms with Gasteiger partial charge in [-0.3, -0.25) is 4.79 Å². The molecule has 0 aromatic carbocycles. The quantitative estimate of drug-likeness (QED) is 0.712. The molecule has 1 amide bonds. The Morgan fingerprint density at radius 2 is 2.27 bits per heavy atom. The van der Waals surface area contributed by atoms with E-state index in [9.17, 15) is 4.79 Å². The summed E-state index contributed by atoms with van der Waals surface area (Å²) in [6.45, 7) is 7.70. The molecule has 0 aromatic rings. The minimum atomic E-state index is -0.458. The highest BCUT2D eigenvalue weighted by molar-refractivity contribution is 5.81. The predicted octanol–water partition coefficient (Wildman–Crippen LogP) is 2.04. The molecule has 1 saturated heterocycles. The van der Waals surface area contributed by atoms with Gasteiger partial charge >= 0.3 is 0 Å². The topological polar surface area (TPSA) is 44.1 Å². The number of hydrogen-bond acceptors (Lipinski definition) is 2. The van der Waals surface area contributed by atoms with Crippen LogP contribution in [0.5, 0.6) is 0 Å². The van der Waals surface area contributed by atoms with Crippen molar-refractivity contribution in [2.45, 2.75) is 33.6 Å². The molecule has 0 radical (unpaired) electrons. The SMILES string of the molecule is CCC1CCN(C(=O)C(C#N)C(C)C)C1. The Kier molecular flexibility index (Phi) is 4.14. The number of rotatable bonds is 3. The van der Waals surface area contributed by atoms with Crippen LogP contribution in [-0.2, 0) is 4.79 Å². The van der Waals surface area contributed by atoms with Gasteiger partial charge in [0.2, 0.25) is 5.91 Å². The summed E-state index contributed by atoms with van der Waals surface area (Å²) in [7, 11) is 0. The van der Waals surface area contributed by atoms with E-state index in [1.807, 2.05) is 18.7 Å². The average Bonchev–Trinajstić information content (AvgIpc) is 2.66. The van der Waals surface area contributed by atoms with Crippen LogP contribution in [0.1, 0.15) is 33.6 Å². The number of hydrogen-bond donors (Lipinski definition) is 0. The Bertz CT molecular complexity index is 267. The van der Waals surface area contributed by atoms with Crippen LogP contribution in [0.25, 0.3) is 0 Å². The Balaban J connectivity index is 2.58. The molecule has 0 aromatic heterocycles. The number of likely N-dealkylation sites (tertiary alicyclic amines) is 1. The lowest BCUT2D eigenvalue weighted by Gasteiger charge is -2.21. The van der Waals surface area contributed by atoms with Gasteiger partial charge in [0.15, 0.2) is 0 Å². The second kappa shape index (κ2) is 5.16. The van der Waals surface area contributed by atoms with Crippen molar-refractivity contribution in [3.63, 3.8) is 0 Å². The van der Waals surface area contributed by atoms with Crippen LogP contribution >= 0.6 is 0 Å². The van der Waals surface area contributed by atoms with Crippen LogP contribution in [-0.4, -0.2) is 23.9 Å². The van der Waals surface area contributed by atoms with Gasteiger partial charge in [0.05, 0.1) is 6.07 Å². The first-order chi connectivity index (χ1) is 7.10. The maximum absolute atomic E-state index is 12.0. The highest BCUT2D eigenvalue weighted by Crippen LogP contribution is 2.22. The summed E-state index contributed by atoms with van der Waals surface area (Å²) in [5.41, 5.74) is 0. The smallest absolute Gasteiger partial charge is 0.240 e. The summed E-state index contributed by atoms with van der Waals surface area (Å²) in [5, 5.41) is 8.95. The highest BCUT2D eigenvalue weighted by atomic mass is 16.2. The fraction of sp³-hybridized carbons (Fsp3) is 0.833. The number of carbonyl (C=O) groups excluding carboxylic acids is 1. The molecular weight excluding hydrogens is 188 g/mol. The number of carbonyl (C=O) groups is 1. The van der Waals surface area contributed by atoms with Crippen molar-refractivity contribution in [1.82, 2.24) is 4.90 Å². The van der Waals surface area contributed by atoms with E-state index in [1.54, 1.807) is 0 Å². The van der Waals surface area contributed by atoms with Crippen molar-refractivity contribution in [2.24, 2.45) is 17.8 Å². The molecule has 1 aliphatic heterocycles. The molecule has 1 fully saturated rings. The van der Waals surface area contributed by atoms with E-state index >= 15 is 0 Å². The summed E-state index contributed by atoms with van der Waals surface area (Å²) >= 11 is 0. The average molecular weight is 208 g/mol. The highest BCUT2D eigenvalue weighted by Gasteiger charge is 2.31. The van der Waals surface area contributed by atoms with E-state index in [-0.39, 0.29) is 11.8 Å². The van der Waals surface area contributed by atoms with Gasteiger partial charge in [0, 0.05) is 13.1 Å². The lowest BCUT2D eigenvalue weighted by Crippen LogP contribution is -2.36. The fourth-order valence-corrected chi connectivity index (χ4v) is 2.05. The van der Waals surface area contributed by atoms with Crippen molar-refractivity contribution < 1.29 is 4.79 Å². The van der Waals surface area contributed by atoms with Gasteiger partial charge in [0.1, 0.15) is 5.92 Å². The van der Waals surface area contributed by atoms with Crippen LogP contribution in [0.4, 0.5) is 0 Å². The molecule has 0 saturated carbocycles. The zero-order valence-electron chi connectivity index (χ0n) is 9.86. The Morgan fingerprint density at radius 3 is 2.67 bits per heavy atom. The molecule has 1 heterocycles. The molecule has 3 heteroatoms. The summed E-state index contributed by atoms with van der Waals surface area (Å²) in [6, 6.07) is 2.12. The summed E-state index contributed by atoms with van der Waals surface area (Å²) in [6.07, 6.45) is 2.22. The third-order valence-electron chi connectivity index (χ3n) is 3.25. The zero-order valence-corrected chi connectivity index (χ0v) is 9.86. The minimum absolute atomic E-state index is 0.0310. The second-order valence-electron chi connectivity index (χ2n) is 4.70. The summed E-state index contributed by atoms with van der Waals surface area (Å²) < 4.78 is 0. The minimum Gasteiger partial charge on any atom is -0.341 e. The van der Waals surface area contributed by atoms with Crippen LogP contribution in [0.2, 0.25) is 0 Å². The van der Waals surface area contributed by atoms with Crippen molar-refractivity contribution in [2.75, 3.05) is 13.1 Å². The molecule has 15 heavy (non-hydrogen) atoms.